The third kappa shape index (κ3) is 5.52. The summed E-state index contributed by atoms with van der Waals surface area (Å²) in [6.45, 7) is 0.118. The zero-order valence-electron chi connectivity index (χ0n) is 19.2. The van der Waals surface area contributed by atoms with Crippen molar-refractivity contribution in [2.75, 3.05) is 26.6 Å². The number of amides is 1. The second-order valence-electron chi connectivity index (χ2n) is 7.72. The number of alkyl carbamates (subject to hydrolysis) is 1. The van der Waals surface area contributed by atoms with Gasteiger partial charge in [0.15, 0.2) is 0 Å². The maximum atomic E-state index is 12.5. The summed E-state index contributed by atoms with van der Waals surface area (Å²) >= 11 is 0. The fourth-order valence-electron chi connectivity index (χ4n) is 4.02. The number of hydrogen-bond acceptors (Lipinski definition) is 7. The number of carbonyl (C=O) groups excluding carboxylic acids is 1. The lowest BCUT2D eigenvalue weighted by Crippen LogP contribution is -2.43. The van der Waals surface area contributed by atoms with Gasteiger partial charge in [0.2, 0.25) is 0 Å². The van der Waals surface area contributed by atoms with E-state index < -0.39 is 18.1 Å². The molecule has 0 bridgehead atoms. The molecule has 0 saturated heterocycles. The summed E-state index contributed by atoms with van der Waals surface area (Å²) in [5, 5.41) is 12.1. The van der Waals surface area contributed by atoms with Crippen LogP contribution in [0.25, 0.3) is 11.1 Å². The molecule has 0 unspecified atom stereocenters. The molecule has 9 heteroatoms. The van der Waals surface area contributed by atoms with Crippen molar-refractivity contribution in [3.8, 4) is 22.6 Å². The molecular weight excluding hydrogens is 486 g/mol. The SMILES string of the molecule is COc1cccc(OC)c1SSC[C@H](NC(=O)OCC1c2ccccc2-c2ccccc21)C(=O)O. The molecule has 1 amide bonds. The van der Waals surface area contributed by atoms with Gasteiger partial charge in [-0.15, -0.1) is 0 Å². The van der Waals surface area contributed by atoms with Crippen LogP contribution in [-0.2, 0) is 9.53 Å². The lowest BCUT2D eigenvalue weighted by molar-refractivity contribution is -0.138. The molecule has 35 heavy (non-hydrogen) atoms. The van der Waals surface area contributed by atoms with Gasteiger partial charge < -0.3 is 24.6 Å². The van der Waals surface area contributed by atoms with Crippen LogP contribution < -0.4 is 14.8 Å². The number of aliphatic carboxylic acids is 1. The van der Waals surface area contributed by atoms with Crippen molar-refractivity contribution in [1.82, 2.24) is 5.32 Å². The van der Waals surface area contributed by atoms with E-state index >= 15 is 0 Å². The third-order valence-corrected chi connectivity index (χ3v) is 8.11. The molecule has 182 valence electrons. The normalized spacial score (nSPS) is 12.9. The zero-order valence-corrected chi connectivity index (χ0v) is 20.9. The van der Waals surface area contributed by atoms with E-state index in [9.17, 15) is 14.7 Å². The molecule has 0 radical (unpaired) electrons. The van der Waals surface area contributed by atoms with Crippen LogP contribution in [0.3, 0.4) is 0 Å². The summed E-state index contributed by atoms with van der Waals surface area (Å²) in [6.07, 6.45) is -0.764. The largest absolute Gasteiger partial charge is 0.495 e. The molecular formula is C26H25NO6S2. The molecule has 4 rings (SSSR count). The van der Waals surface area contributed by atoms with Crippen molar-refractivity contribution < 1.29 is 28.9 Å². The van der Waals surface area contributed by atoms with Crippen LogP contribution in [0.15, 0.2) is 71.6 Å². The van der Waals surface area contributed by atoms with Crippen LogP contribution >= 0.6 is 21.6 Å². The van der Waals surface area contributed by atoms with Gasteiger partial charge in [-0.05, 0) is 45.2 Å². The van der Waals surface area contributed by atoms with E-state index in [2.05, 4.69) is 17.4 Å². The smallest absolute Gasteiger partial charge is 0.407 e. The van der Waals surface area contributed by atoms with Gasteiger partial charge in [0, 0.05) is 11.7 Å². The number of carboxylic acid groups (broad SMARTS) is 1. The fraction of sp³-hybridized carbons (Fsp3) is 0.231. The van der Waals surface area contributed by atoms with Gasteiger partial charge >= 0.3 is 12.1 Å². The van der Waals surface area contributed by atoms with Crippen molar-refractivity contribution in [3.63, 3.8) is 0 Å². The Morgan fingerprint density at radius 1 is 0.914 bits per heavy atom. The number of rotatable bonds is 10. The monoisotopic (exact) mass is 511 g/mol. The van der Waals surface area contributed by atoms with Gasteiger partial charge in [-0.3, -0.25) is 0 Å². The van der Waals surface area contributed by atoms with Gasteiger partial charge in [0.05, 0.1) is 14.2 Å². The van der Waals surface area contributed by atoms with E-state index in [-0.39, 0.29) is 18.3 Å². The molecule has 3 aromatic carbocycles. The van der Waals surface area contributed by atoms with E-state index in [1.54, 1.807) is 26.4 Å². The Balaban J connectivity index is 1.35. The highest BCUT2D eigenvalue weighted by molar-refractivity contribution is 8.76. The molecule has 0 heterocycles. The van der Waals surface area contributed by atoms with Gasteiger partial charge in [0.25, 0.3) is 0 Å². The van der Waals surface area contributed by atoms with E-state index in [4.69, 9.17) is 14.2 Å². The van der Waals surface area contributed by atoms with E-state index in [1.165, 1.54) is 21.6 Å². The number of nitrogens with one attached hydrogen (secondary N) is 1. The number of ether oxygens (including phenoxy) is 3. The Bertz CT molecular complexity index is 1150. The molecule has 1 aliphatic rings. The maximum Gasteiger partial charge on any atom is 0.407 e. The highest BCUT2D eigenvalue weighted by Crippen LogP contribution is 2.45. The molecule has 1 aliphatic carbocycles. The zero-order chi connectivity index (χ0) is 24.8. The summed E-state index contributed by atoms with van der Waals surface area (Å²) in [5.41, 5.74) is 4.43. The maximum absolute atomic E-state index is 12.5. The first-order chi connectivity index (χ1) is 17.0. The summed E-state index contributed by atoms with van der Waals surface area (Å²) in [7, 11) is 5.71. The Labute approximate surface area is 211 Å². The molecule has 0 fully saturated rings. The first-order valence-corrected chi connectivity index (χ1v) is 13.2. The molecule has 0 aromatic heterocycles. The van der Waals surface area contributed by atoms with Crippen molar-refractivity contribution >= 4 is 33.7 Å². The quantitative estimate of drug-likeness (QED) is 0.348. The number of benzene rings is 3. The average molecular weight is 512 g/mol. The predicted octanol–water partition coefficient (Wildman–Crippen LogP) is 5.44. The topological polar surface area (TPSA) is 94.1 Å². The van der Waals surface area contributed by atoms with Gasteiger partial charge in [-0.25, -0.2) is 9.59 Å². The standard InChI is InChI=1S/C26H25NO6S2/c1-31-22-12-7-13-23(32-2)24(22)35-34-15-21(25(28)29)27-26(30)33-14-20-18-10-5-3-8-16(18)17-9-4-6-11-19(17)20/h3-13,20-21H,14-15H2,1-2H3,(H,27,30)(H,28,29)/t21-/m0/s1. The third-order valence-electron chi connectivity index (χ3n) is 5.69. The highest BCUT2D eigenvalue weighted by atomic mass is 33.1. The summed E-state index contributed by atoms with van der Waals surface area (Å²) in [4.78, 5) is 25.0. The predicted molar refractivity (Wildman–Crippen MR) is 137 cm³/mol. The van der Waals surface area contributed by atoms with E-state index in [0.29, 0.717) is 11.5 Å². The molecule has 0 spiro atoms. The Hall–Kier alpha value is -3.30. The van der Waals surface area contributed by atoms with Crippen LogP contribution in [0.4, 0.5) is 4.79 Å². The van der Waals surface area contributed by atoms with Gasteiger partial charge in [0.1, 0.15) is 29.0 Å². The molecule has 0 aliphatic heterocycles. The molecule has 1 atom stereocenters. The second-order valence-corrected chi connectivity index (χ2v) is 10.1. The first kappa shape index (κ1) is 24.8. The van der Waals surface area contributed by atoms with Crippen LogP contribution in [0.5, 0.6) is 11.5 Å². The molecule has 3 aromatic rings. The fourth-order valence-corrected chi connectivity index (χ4v) is 6.49. The minimum atomic E-state index is -1.14. The number of hydrogen-bond donors (Lipinski definition) is 2. The average Bonchev–Trinajstić information content (AvgIpc) is 3.20. The summed E-state index contributed by atoms with van der Waals surface area (Å²) in [5.74, 6) is 0.125. The summed E-state index contributed by atoms with van der Waals surface area (Å²) < 4.78 is 16.2. The number of carboxylic acids is 1. The van der Waals surface area contributed by atoms with Crippen LogP contribution in [0.2, 0.25) is 0 Å². The number of methoxy groups -OCH3 is 2. The second kappa shape index (κ2) is 11.4. The molecule has 0 saturated carbocycles. The first-order valence-electron chi connectivity index (χ1n) is 10.9. The number of fused-ring (bicyclic) bond motifs is 3. The van der Waals surface area contributed by atoms with E-state index in [0.717, 1.165) is 27.1 Å². The summed E-state index contributed by atoms with van der Waals surface area (Å²) in [6, 6.07) is 20.4. The minimum Gasteiger partial charge on any atom is -0.495 e. The van der Waals surface area contributed by atoms with Crippen molar-refractivity contribution in [2.45, 2.75) is 16.9 Å². The minimum absolute atomic E-state index is 0.0978. The Kier molecular flexibility index (Phi) is 8.09. The van der Waals surface area contributed by atoms with Crippen LogP contribution in [0.1, 0.15) is 17.0 Å². The van der Waals surface area contributed by atoms with Crippen molar-refractivity contribution in [2.24, 2.45) is 0 Å². The van der Waals surface area contributed by atoms with E-state index in [1.807, 2.05) is 42.5 Å². The van der Waals surface area contributed by atoms with Crippen molar-refractivity contribution in [1.29, 1.82) is 0 Å². The lowest BCUT2D eigenvalue weighted by atomic mass is 9.98. The van der Waals surface area contributed by atoms with Crippen LogP contribution in [0, 0.1) is 0 Å². The van der Waals surface area contributed by atoms with Gasteiger partial charge in [-0.2, -0.15) is 0 Å². The molecule has 7 nitrogen and oxygen atoms in total. The Morgan fingerprint density at radius 2 is 1.49 bits per heavy atom. The molecule has 2 N–H and O–H groups in total. The Morgan fingerprint density at radius 3 is 2.03 bits per heavy atom. The highest BCUT2D eigenvalue weighted by Gasteiger charge is 2.30. The van der Waals surface area contributed by atoms with Gasteiger partial charge in [-0.1, -0.05) is 65.4 Å². The number of carbonyl (C=O) groups is 2. The van der Waals surface area contributed by atoms with Crippen molar-refractivity contribution in [3.05, 3.63) is 77.9 Å². The lowest BCUT2D eigenvalue weighted by Gasteiger charge is -2.17. The van der Waals surface area contributed by atoms with Crippen LogP contribution in [-0.4, -0.2) is 49.8 Å².